The monoisotopic (exact) mass is 358 g/mol. The molecule has 1 heterocycles. The summed E-state index contributed by atoms with van der Waals surface area (Å²) in [5, 5.41) is 2.85. The lowest BCUT2D eigenvalue weighted by atomic mass is 10.2. The van der Waals surface area contributed by atoms with Gasteiger partial charge in [-0.3, -0.25) is 9.59 Å². The molecule has 1 aliphatic heterocycles. The van der Waals surface area contributed by atoms with Crippen LogP contribution in [0.1, 0.15) is 19.3 Å². The first-order valence-corrected chi connectivity index (χ1v) is 9.19. The SMILES string of the molecule is O=C(CCSc1ccc(F)cc1)Nc1ccc(N2CCCC2=O)cc1. The highest BCUT2D eigenvalue weighted by atomic mass is 32.2. The summed E-state index contributed by atoms with van der Waals surface area (Å²) in [6, 6.07) is 13.6. The van der Waals surface area contributed by atoms with Gasteiger partial charge < -0.3 is 10.2 Å². The van der Waals surface area contributed by atoms with Gasteiger partial charge in [0, 0.05) is 41.4 Å². The van der Waals surface area contributed by atoms with Crippen molar-refractivity contribution in [3.63, 3.8) is 0 Å². The molecule has 0 spiro atoms. The first kappa shape index (κ1) is 17.5. The summed E-state index contributed by atoms with van der Waals surface area (Å²) < 4.78 is 12.8. The van der Waals surface area contributed by atoms with Crippen LogP contribution in [0.3, 0.4) is 0 Å². The van der Waals surface area contributed by atoms with Crippen LogP contribution in [0.25, 0.3) is 0 Å². The minimum absolute atomic E-state index is 0.0698. The largest absolute Gasteiger partial charge is 0.326 e. The number of carbonyl (C=O) groups is 2. The van der Waals surface area contributed by atoms with Crippen LogP contribution in [-0.4, -0.2) is 24.1 Å². The van der Waals surface area contributed by atoms with Gasteiger partial charge in [-0.15, -0.1) is 11.8 Å². The van der Waals surface area contributed by atoms with Crippen molar-refractivity contribution in [2.45, 2.75) is 24.2 Å². The number of hydrogen-bond acceptors (Lipinski definition) is 3. The van der Waals surface area contributed by atoms with E-state index >= 15 is 0 Å². The van der Waals surface area contributed by atoms with Crippen molar-refractivity contribution >= 4 is 35.0 Å². The molecular weight excluding hydrogens is 339 g/mol. The first-order valence-electron chi connectivity index (χ1n) is 8.20. The molecule has 1 saturated heterocycles. The molecule has 130 valence electrons. The third kappa shape index (κ3) is 4.82. The lowest BCUT2D eigenvalue weighted by molar-refractivity contribution is -0.117. The minimum Gasteiger partial charge on any atom is -0.326 e. The van der Waals surface area contributed by atoms with E-state index in [4.69, 9.17) is 0 Å². The number of nitrogens with one attached hydrogen (secondary N) is 1. The molecule has 0 unspecified atom stereocenters. The second kappa shape index (κ2) is 8.16. The molecule has 0 saturated carbocycles. The van der Waals surface area contributed by atoms with Crippen LogP contribution in [0.5, 0.6) is 0 Å². The van der Waals surface area contributed by atoms with Crippen LogP contribution < -0.4 is 10.2 Å². The van der Waals surface area contributed by atoms with Crippen LogP contribution >= 0.6 is 11.8 Å². The van der Waals surface area contributed by atoms with E-state index in [2.05, 4.69) is 5.32 Å². The Hall–Kier alpha value is -2.34. The van der Waals surface area contributed by atoms with E-state index in [9.17, 15) is 14.0 Å². The van der Waals surface area contributed by atoms with Gasteiger partial charge in [-0.1, -0.05) is 0 Å². The van der Waals surface area contributed by atoms with Gasteiger partial charge in [0.1, 0.15) is 5.82 Å². The molecule has 4 nitrogen and oxygen atoms in total. The Kier molecular flexibility index (Phi) is 5.71. The number of benzene rings is 2. The zero-order valence-electron chi connectivity index (χ0n) is 13.7. The van der Waals surface area contributed by atoms with Crippen molar-refractivity contribution in [3.8, 4) is 0 Å². The molecule has 1 N–H and O–H groups in total. The maximum absolute atomic E-state index is 12.8. The number of halogens is 1. The predicted octanol–water partition coefficient (Wildman–Crippen LogP) is 4.07. The van der Waals surface area contributed by atoms with E-state index in [0.717, 1.165) is 23.5 Å². The topological polar surface area (TPSA) is 49.4 Å². The Morgan fingerprint density at radius 1 is 1.12 bits per heavy atom. The molecule has 1 fully saturated rings. The summed E-state index contributed by atoms with van der Waals surface area (Å²) in [7, 11) is 0. The number of carbonyl (C=O) groups excluding carboxylic acids is 2. The fourth-order valence-electron chi connectivity index (χ4n) is 2.66. The Morgan fingerprint density at radius 2 is 1.84 bits per heavy atom. The highest BCUT2D eigenvalue weighted by Gasteiger charge is 2.21. The molecule has 2 aromatic rings. The standard InChI is InChI=1S/C19H19FN2O2S/c20-14-3-9-17(10-4-14)25-13-11-18(23)21-15-5-7-16(8-6-15)22-12-1-2-19(22)24/h3-10H,1-2,11-13H2,(H,21,23). The summed E-state index contributed by atoms with van der Waals surface area (Å²) in [6.07, 6.45) is 1.86. The van der Waals surface area contributed by atoms with Crippen LogP contribution in [0.15, 0.2) is 53.4 Å². The van der Waals surface area contributed by atoms with Gasteiger partial charge in [0.2, 0.25) is 11.8 Å². The van der Waals surface area contributed by atoms with Crippen molar-refractivity contribution in [1.29, 1.82) is 0 Å². The molecule has 0 radical (unpaired) electrons. The van der Waals surface area contributed by atoms with E-state index < -0.39 is 0 Å². The molecule has 6 heteroatoms. The number of thioether (sulfide) groups is 1. The number of hydrogen-bond donors (Lipinski definition) is 1. The number of nitrogens with zero attached hydrogens (tertiary/aromatic N) is 1. The van der Waals surface area contributed by atoms with Gasteiger partial charge in [0.25, 0.3) is 0 Å². The fourth-order valence-corrected chi connectivity index (χ4v) is 3.51. The van der Waals surface area contributed by atoms with Crippen molar-refractivity contribution in [2.24, 2.45) is 0 Å². The Labute approximate surface area is 150 Å². The predicted molar refractivity (Wildman–Crippen MR) is 98.4 cm³/mol. The highest BCUT2D eigenvalue weighted by molar-refractivity contribution is 7.99. The van der Waals surface area contributed by atoms with E-state index in [0.29, 0.717) is 24.3 Å². The summed E-state index contributed by atoms with van der Waals surface area (Å²) in [5.74, 6) is 0.438. The summed E-state index contributed by atoms with van der Waals surface area (Å²) in [6.45, 7) is 0.755. The summed E-state index contributed by atoms with van der Waals surface area (Å²) in [4.78, 5) is 26.4. The molecule has 0 aromatic heterocycles. The van der Waals surface area contributed by atoms with Gasteiger partial charge in [-0.2, -0.15) is 0 Å². The average molecular weight is 358 g/mol. The van der Waals surface area contributed by atoms with Gasteiger partial charge in [0.05, 0.1) is 0 Å². The number of rotatable bonds is 6. The van der Waals surface area contributed by atoms with Gasteiger partial charge in [-0.05, 0) is 55.0 Å². The first-order chi connectivity index (χ1) is 12.1. The van der Waals surface area contributed by atoms with E-state index in [1.807, 2.05) is 24.3 Å². The van der Waals surface area contributed by atoms with Gasteiger partial charge >= 0.3 is 0 Å². The lowest BCUT2D eigenvalue weighted by Crippen LogP contribution is -2.23. The second-order valence-electron chi connectivity index (χ2n) is 5.80. The van der Waals surface area contributed by atoms with Crippen molar-refractivity contribution in [3.05, 3.63) is 54.3 Å². The molecule has 0 aliphatic carbocycles. The molecule has 1 aliphatic rings. The Balaban J connectivity index is 1.46. The maximum Gasteiger partial charge on any atom is 0.227 e. The molecular formula is C19H19FN2O2S. The van der Waals surface area contributed by atoms with Gasteiger partial charge in [-0.25, -0.2) is 4.39 Å². The van der Waals surface area contributed by atoms with E-state index in [1.54, 1.807) is 17.0 Å². The summed E-state index contributed by atoms with van der Waals surface area (Å²) >= 11 is 1.52. The number of amides is 2. The van der Waals surface area contributed by atoms with Crippen LogP contribution in [0.2, 0.25) is 0 Å². The molecule has 3 rings (SSSR count). The zero-order valence-corrected chi connectivity index (χ0v) is 14.5. The lowest BCUT2D eigenvalue weighted by Gasteiger charge is -2.16. The van der Waals surface area contributed by atoms with Crippen LogP contribution in [0.4, 0.5) is 15.8 Å². The van der Waals surface area contributed by atoms with E-state index in [-0.39, 0.29) is 17.6 Å². The highest BCUT2D eigenvalue weighted by Crippen LogP contribution is 2.23. The van der Waals surface area contributed by atoms with Crippen molar-refractivity contribution in [2.75, 3.05) is 22.5 Å². The third-order valence-corrected chi connectivity index (χ3v) is 4.96. The molecule has 2 aromatic carbocycles. The summed E-state index contributed by atoms with van der Waals surface area (Å²) in [5.41, 5.74) is 1.58. The normalized spacial score (nSPS) is 14.0. The van der Waals surface area contributed by atoms with Crippen LogP contribution in [0, 0.1) is 5.82 Å². The molecule has 2 amide bonds. The smallest absolute Gasteiger partial charge is 0.227 e. The quantitative estimate of drug-likeness (QED) is 0.792. The van der Waals surface area contributed by atoms with E-state index in [1.165, 1.54) is 23.9 Å². The zero-order chi connectivity index (χ0) is 17.6. The van der Waals surface area contributed by atoms with Crippen molar-refractivity contribution < 1.29 is 14.0 Å². The fraction of sp³-hybridized carbons (Fsp3) is 0.263. The van der Waals surface area contributed by atoms with Crippen LogP contribution in [-0.2, 0) is 9.59 Å². The third-order valence-electron chi connectivity index (χ3n) is 3.95. The van der Waals surface area contributed by atoms with Gasteiger partial charge in [0.15, 0.2) is 0 Å². The Bertz CT molecular complexity index is 747. The molecule has 0 bridgehead atoms. The molecule has 25 heavy (non-hydrogen) atoms. The molecule has 0 atom stereocenters. The maximum atomic E-state index is 12.8. The second-order valence-corrected chi connectivity index (χ2v) is 6.96. The van der Waals surface area contributed by atoms with Crippen molar-refractivity contribution in [1.82, 2.24) is 0 Å². The average Bonchev–Trinajstić information content (AvgIpc) is 3.03. The number of anilines is 2. The Morgan fingerprint density at radius 3 is 2.48 bits per heavy atom. The minimum atomic E-state index is -0.263.